The van der Waals surface area contributed by atoms with Gasteiger partial charge in [-0.2, -0.15) is 0 Å². The molecule has 0 fully saturated rings. The Balaban J connectivity index is 1.31. The second-order valence-electron chi connectivity index (χ2n) is 10.1. The van der Waals surface area contributed by atoms with Crippen molar-refractivity contribution in [2.75, 3.05) is 32.2 Å². The largest absolute Gasteiger partial charge is 0.465 e. The fourth-order valence-electron chi connectivity index (χ4n) is 4.31. The third kappa shape index (κ3) is 6.98. The van der Waals surface area contributed by atoms with Crippen LogP contribution in [0.4, 0.5) is 5.82 Å². The summed E-state index contributed by atoms with van der Waals surface area (Å²) in [5, 5.41) is 10.7. The number of nitrogens with zero attached hydrogens (tertiary/aromatic N) is 2. The van der Waals surface area contributed by atoms with E-state index >= 15 is 0 Å². The molecule has 0 aliphatic heterocycles. The Morgan fingerprint density at radius 2 is 1.89 bits per heavy atom. The van der Waals surface area contributed by atoms with Gasteiger partial charge in [0.1, 0.15) is 5.82 Å². The Morgan fingerprint density at radius 1 is 1.05 bits per heavy atom. The number of aryl methyl sites for hydroxylation is 1. The van der Waals surface area contributed by atoms with E-state index in [1.54, 1.807) is 18.3 Å². The van der Waals surface area contributed by atoms with Gasteiger partial charge in [-0.25, -0.2) is 9.78 Å². The van der Waals surface area contributed by atoms with Crippen LogP contribution < -0.4 is 10.6 Å². The SMILES string of the molecule is COC(=O)c1ccc2c(c1)nc(NC(C)(C)COCCCCNCc1ccc(C)c(Cl)c1)c1ccncc12. The lowest BCUT2D eigenvalue weighted by atomic mass is 10.0. The van der Waals surface area contributed by atoms with E-state index in [9.17, 15) is 4.79 Å². The van der Waals surface area contributed by atoms with Gasteiger partial charge >= 0.3 is 5.97 Å². The van der Waals surface area contributed by atoms with Gasteiger partial charge in [0.05, 0.1) is 30.3 Å². The van der Waals surface area contributed by atoms with Gasteiger partial charge < -0.3 is 20.1 Å². The Kier molecular flexibility index (Phi) is 9.15. The molecule has 0 atom stereocenters. The van der Waals surface area contributed by atoms with Crippen molar-refractivity contribution in [3.63, 3.8) is 0 Å². The minimum absolute atomic E-state index is 0.361. The standard InChI is InChI=1S/C30H35ClN4O3/c1-20-7-8-21(15-26(20)31)17-32-12-5-6-14-38-19-30(2,3)35-28-24-11-13-33-18-25(24)23-10-9-22(29(36)37-4)16-27(23)34-28/h7-11,13,15-16,18,32H,5-6,12,14,17,19H2,1-4H3,(H,34,35). The molecule has 0 saturated heterocycles. The van der Waals surface area contributed by atoms with Gasteiger partial charge in [0.2, 0.25) is 0 Å². The fraction of sp³-hybridized carbons (Fsp3) is 0.367. The van der Waals surface area contributed by atoms with Gasteiger partial charge in [-0.15, -0.1) is 0 Å². The molecule has 0 unspecified atom stereocenters. The highest BCUT2D eigenvalue weighted by atomic mass is 35.5. The predicted molar refractivity (Wildman–Crippen MR) is 154 cm³/mol. The van der Waals surface area contributed by atoms with Gasteiger partial charge in [0.15, 0.2) is 0 Å². The minimum atomic E-state index is -0.391. The summed E-state index contributed by atoms with van der Waals surface area (Å²) in [6.45, 7) is 9.12. The number of pyridine rings is 2. The lowest BCUT2D eigenvalue weighted by molar-refractivity contribution is 0.0601. The van der Waals surface area contributed by atoms with Crippen LogP contribution in [0.25, 0.3) is 21.7 Å². The quantitative estimate of drug-likeness (QED) is 0.125. The normalized spacial score (nSPS) is 11.7. The van der Waals surface area contributed by atoms with Gasteiger partial charge in [-0.05, 0) is 75.5 Å². The Morgan fingerprint density at radius 3 is 2.68 bits per heavy atom. The molecular weight excluding hydrogens is 500 g/mol. The van der Waals surface area contributed by atoms with Crippen molar-refractivity contribution < 1.29 is 14.3 Å². The molecule has 2 N–H and O–H groups in total. The number of ether oxygens (including phenoxy) is 2. The zero-order chi connectivity index (χ0) is 27.1. The summed E-state index contributed by atoms with van der Waals surface area (Å²) >= 11 is 6.20. The second-order valence-corrected chi connectivity index (χ2v) is 10.5. The number of nitrogens with one attached hydrogen (secondary N) is 2. The van der Waals surface area contributed by atoms with Crippen LogP contribution >= 0.6 is 11.6 Å². The van der Waals surface area contributed by atoms with Crippen LogP contribution in [0.1, 0.15) is 48.2 Å². The first kappa shape index (κ1) is 27.8. The van der Waals surface area contributed by atoms with Crippen LogP contribution in [-0.2, 0) is 16.0 Å². The topological polar surface area (TPSA) is 85.4 Å². The molecule has 2 aromatic heterocycles. The molecule has 2 aromatic carbocycles. The Bertz CT molecular complexity index is 1420. The van der Waals surface area contributed by atoms with Gasteiger partial charge in [0, 0.05) is 46.7 Å². The van der Waals surface area contributed by atoms with Gasteiger partial charge in [0.25, 0.3) is 0 Å². The highest BCUT2D eigenvalue weighted by Crippen LogP contribution is 2.31. The van der Waals surface area contributed by atoms with Gasteiger partial charge in [-0.3, -0.25) is 4.98 Å². The highest BCUT2D eigenvalue weighted by Gasteiger charge is 2.21. The maximum Gasteiger partial charge on any atom is 0.337 e. The molecule has 200 valence electrons. The molecule has 2 heterocycles. The van der Waals surface area contributed by atoms with Crippen molar-refractivity contribution in [2.45, 2.75) is 45.7 Å². The van der Waals surface area contributed by atoms with Crippen molar-refractivity contribution in [1.82, 2.24) is 15.3 Å². The van der Waals surface area contributed by atoms with Crippen molar-refractivity contribution in [1.29, 1.82) is 0 Å². The number of carbonyl (C=O) groups is 1. The number of esters is 1. The Hall–Kier alpha value is -3.26. The lowest BCUT2D eigenvalue weighted by Crippen LogP contribution is -2.37. The first-order chi connectivity index (χ1) is 18.3. The van der Waals surface area contributed by atoms with Crippen LogP contribution in [0.15, 0.2) is 54.9 Å². The van der Waals surface area contributed by atoms with E-state index in [1.165, 1.54) is 12.7 Å². The summed E-state index contributed by atoms with van der Waals surface area (Å²) in [6.07, 6.45) is 5.58. The number of fused-ring (bicyclic) bond motifs is 3. The summed E-state index contributed by atoms with van der Waals surface area (Å²) in [5.74, 6) is 0.337. The number of benzene rings is 2. The molecule has 0 radical (unpaired) electrons. The number of carbonyl (C=O) groups excluding carboxylic acids is 1. The average molecular weight is 535 g/mol. The Labute approximate surface area is 228 Å². The molecule has 0 aliphatic rings. The molecule has 0 aliphatic carbocycles. The number of hydrogen-bond donors (Lipinski definition) is 2. The number of anilines is 1. The second kappa shape index (κ2) is 12.5. The average Bonchev–Trinajstić information content (AvgIpc) is 2.91. The van der Waals surface area contributed by atoms with Crippen LogP contribution in [0.5, 0.6) is 0 Å². The van der Waals surface area contributed by atoms with Crippen molar-refractivity contribution >= 4 is 45.1 Å². The van der Waals surface area contributed by atoms with Crippen LogP contribution in [0.2, 0.25) is 5.02 Å². The van der Waals surface area contributed by atoms with Crippen LogP contribution in [0, 0.1) is 6.92 Å². The molecule has 0 saturated carbocycles. The first-order valence-corrected chi connectivity index (χ1v) is 13.2. The van der Waals surface area contributed by atoms with Crippen LogP contribution in [0.3, 0.4) is 0 Å². The van der Waals surface area contributed by atoms with E-state index in [2.05, 4.69) is 41.6 Å². The number of rotatable bonds is 12. The molecule has 38 heavy (non-hydrogen) atoms. The third-order valence-electron chi connectivity index (χ3n) is 6.39. The molecule has 7 nitrogen and oxygen atoms in total. The zero-order valence-corrected chi connectivity index (χ0v) is 23.2. The maximum atomic E-state index is 12.0. The van der Waals surface area contributed by atoms with Crippen molar-refractivity contribution in [3.8, 4) is 0 Å². The van der Waals surface area contributed by atoms with Crippen molar-refractivity contribution in [3.05, 3.63) is 76.6 Å². The molecule has 4 rings (SSSR count). The first-order valence-electron chi connectivity index (χ1n) is 12.8. The molecule has 8 heteroatoms. The van der Waals surface area contributed by atoms with E-state index in [1.807, 2.05) is 31.3 Å². The number of unbranched alkanes of at least 4 members (excludes halogenated alkanes) is 1. The third-order valence-corrected chi connectivity index (χ3v) is 6.80. The molecule has 0 amide bonds. The van der Waals surface area contributed by atoms with E-state index in [0.29, 0.717) is 24.3 Å². The minimum Gasteiger partial charge on any atom is -0.465 e. The van der Waals surface area contributed by atoms with Crippen LogP contribution in [-0.4, -0.2) is 48.3 Å². The number of hydrogen-bond acceptors (Lipinski definition) is 7. The fourth-order valence-corrected chi connectivity index (χ4v) is 4.51. The smallest absolute Gasteiger partial charge is 0.337 e. The zero-order valence-electron chi connectivity index (χ0n) is 22.4. The molecule has 0 spiro atoms. The molecule has 0 bridgehead atoms. The van der Waals surface area contributed by atoms with E-state index in [0.717, 1.165) is 58.5 Å². The summed E-state index contributed by atoms with van der Waals surface area (Å²) in [4.78, 5) is 21.2. The summed E-state index contributed by atoms with van der Waals surface area (Å²) in [5.41, 5.74) is 3.09. The van der Waals surface area contributed by atoms with Crippen molar-refractivity contribution in [2.24, 2.45) is 0 Å². The maximum absolute atomic E-state index is 12.0. The van der Waals surface area contributed by atoms with E-state index in [4.69, 9.17) is 26.1 Å². The molecular formula is C30H35ClN4O3. The lowest BCUT2D eigenvalue weighted by Gasteiger charge is -2.27. The summed E-state index contributed by atoms with van der Waals surface area (Å²) in [7, 11) is 1.37. The predicted octanol–water partition coefficient (Wildman–Crippen LogP) is 6.31. The summed E-state index contributed by atoms with van der Waals surface area (Å²) < 4.78 is 10.9. The summed E-state index contributed by atoms with van der Waals surface area (Å²) in [6, 6.07) is 13.5. The number of methoxy groups -OCH3 is 1. The number of halogens is 1. The highest BCUT2D eigenvalue weighted by molar-refractivity contribution is 6.31. The molecule has 4 aromatic rings. The van der Waals surface area contributed by atoms with E-state index < -0.39 is 5.97 Å². The van der Waals surface area contributed by atoms with E-state index in [-0.39, 0.29) is 5.54 Å². The monoisotopic (exact) mass is 534 g/mol. The van der Waals surface area contributed by atoms with Gasteiger partial charge in [-0.1, -0.05) is 29.8 Å². The number of aromatic nitrogens is 2.